The molecule has 1 atom stereocenters. The summed E-state index contributed by atoms with van der Waals surface area (Å²) < 4.78 is 1.94. The number of carbonyl (C=O) groups is 1. The Labute approximate surface area is 173 Å². The predicted molar refractivity (Wildman–Crippen MR) is 114 cm³/mol. The summed E-state index contributed by atoms with van der Waals surface area (Å²) in [7, 11) is 0. The van der Waals surface area contributed by atoms with E-state index in [-0.39, 0.29) is 12.5 Å². The Morgan fingerprint density at radius 2 is 1.69 bits per heavy atom. The van der Waals surface area contributed by atoms with Crippen LogP contribution in [0.1, 0.15) is 27.8 Å². The number of hydrogen-bond donors (Lipinski definition) is 2. The SMILES string of the molecule is O=C(NCc1nc2ccccc2n1CC(O)c1ccc(Cl)cc1)c1ccccc1. The number of nitrogens with one attached hydrogen (secondary N) is 1. The average molecular weight is 406 g/mol. The Kier molecular flexibility index (Phi) is 5.60. The summed E-state index contributed by atoms with van der Waals surface area (Å²) in [5.41, 5.74) is 3.09. The largest absolute Gasteiger partial charge is 0.387 e. The maximum atomic E-state index is 12.4. The number of imidazole rings is 1. The van der Waals surface area contributed by atoms with Gasteiger partial charge in [-0.25, -0.2) is 4.98 Å². The first kappa shape index (κ1) is 19.2. The molecule has 146 valence electrons. The third kappa shape index (κ3) is 4.31. The number of halogens is 1. The zero-order valence-corrected chi connectivity index (χ0v) is 16.4. The molecule has 0 radical (unpaired) electrons. The summed E-state index contributed by atoms with van der Waals surface area (Å²) in [4.78, 5) is 17.1. The minimum atomic E-state index is -0.728. The van der Waals surface area contributed by atoms with E-state index in [1.165, 1.54) is 0 Å². The monoisotopic (exact) mass is 405 g/mol. The maximum absolute atomic E-state index is 12.4. The smallest absolute Gasteiger partial charge is 0.251 e. The van der Waals surface area contributed by atoms with Gasteiger partial charge < -0.3 is 15.0 Å². The molecule has 29 heavy (non-hydrogen) atoms. The van der Waals surface area contributed by atoms with Crippen molar-refractivity contribution in [1.82, 2.24) is 14.9 Å². The van der Waals surface area contributed by atoms with Crippen LogP contribution >= 0.6 is 11.6 Å². The molecule has 0 bridgehead atoms. The van der Waals surface area contributed by atoms with Gasteiger partial charge in [-0.15, -0.1) is 0 Å². The molecular weight excluding hydrogens is 386 g/mol. The molecule has 5 nitrogen and oxygen atoms in total. The lowest BCUT2D eigenvalue weighted by atomic mass is 10.1. The van der Waals surface area contributed by atoms with E-state index in [2.05, 4.69) is 10.3 Å². The van der Waals surface area contributed by atoms with Gasteiger partial charge in [0, 0.05) is 10.6 Å². The molecule has 4 rings (SSSR count). The quantitative estimate of drug-likeness (QED) is 0.501. The topological polar surface area (TPSA) is 67.2 Å². The fourth-order valence-electron chi connectivity index (χ4n) is 3.28. The second kappa shape index (κ2) is 8.47. The van der Waals surface area contributed by atoms with Gasteiger partial charge in [0.05, 0.1) is 30.2 Å². The van der Waals surface area contributed by atoms with Gasteiger partial charge in [-0.05, 0) is 42.0 Å². The van der Waals surface area contributed by atoms with Crippen LogP contribution in [-0.4, -0.2) is 20.6 Å². The van der Waals surface area contributed by atoms with E-state index < -0.39 is 6.10 Å². The van der Waals surface area contributed by atoms with Crippen molar-refractivity contribution in [3.05, 3.63) is 101 Å². The third-order valence-corrected chi connectivity index (χ3v) is 5.04. The summed E-state index contributed by atoms with van der Waals surface area (Å²) in [6, 6.07) is 23.9. The number of rotatable bonds is 6. The van der Waals surface area contributed by atoms with Crippen LogP contribution in [0.25, 0.3) is 11.0 Å². The normalized spacial score (nSPS) is 12.1. The van der Waals surface area contributed by atoms with Gasteiger partial charge in [0.15, 0.2) is 0 Å². The average Bonchev–Trinajstić information content (AvgIpc) is 3.10. The molecule has 0 aliphatic heterocycles. The lowest BCUT2D eigenvalue weighted by molar-refractivity contribution is 0.0949. The zero-order valence-electron chi connectivity index (χ0n) is 15.6. The lowest BCUT2D eigenvalue weighted by Crippen LogP contribution is -2.25. The number of amides is 1. The van der Waals surface area contributed by atoms with E-state index in [0.29, 0.717) is 23.0 Å². The highest BCUT2D eigenvalue weighted by molar-refractivity contribution is 6.30. The van der Waals surface area contributed by atoms with Gasteiger partial charge in [0.2, 0.25) is 0 Å². The van der Waals surface area contributed by atoms with E-state index in [9.17, 15) is 9.90 Å². The van der Waals surface area contributed by atoms with Crippen LogP contribution in [0.15, 0.2) is 78.9 Å². The first-order valence-electron chi connectivity index (χ1n) is 9.33. The molecule has 4 aromatic rings. The van der Waals surface area contributed by atoms with Crippen molar-refractivity contribution in [1.29, 1.82) is 0 Å². The molecule has 1 amide bonds. The van der Waals surface area contributed by atoms with Gasteiger partial charge in [-0.1, -0.05) is 54.1 Å². The van der Waals surface area contributed by atoms with Crippen molar-refractivity contribution in [2.24, 2.45) is 0 Å². The highest BCUT2D eigenvalue weighted by Gasteiger charge is 2.16. The molecule has 1 unspecified atom stereocenters. The fraction of sp³-hybridized carbons (Fsp3) is 0.130. The Balaban J connectivity index is 1.59. The first-order chi connectivity index (χ1) is 14.1. The molecule has 1 aromatic heterocycles. The Hall–Kier alpha value is -3.15. The van der Waals surface area contributed by atoms with Gasteiger partial charge in [0.1, 0.15) is 5.82 Å². The zero-order chi connectivity index (χ0) is 20.2. The highest BCUT2D eigenvalue weighted by atomic mass is 35.5. The predicted octanol–water partition coefficient (Wildman–Crippen LogP) is 4.35. The minimum Gasteiger partial charge on any atom is -0.387 e. The van der Waals surface area contributed by atoms with Crippen molar-refractivity contribution < 1.29 is 9.90 Å². The number of nitrogens with zero attached hydrogens (tertiary/aromatic N) is 2. The maximum Gasteiger partial charge on any atom is 0.251 e. The number of carbonyl (C=O) groups excluding carboxylic acids is 1. The Morgan fingerprint density at radius 3 is 2.45 bits per heavy atom. The molecule has 1 heterocycles. The van der Waals surface area contributed by atoms with E-state index in [0.717, 1.165) is 16.6 Å². The summed E-state index contributed by atoms with van der Waals surface area (Å²) >= 11 is 5.95. The van der Waals surface area contributed by atoms with E-state index in [1.54, 1.807) is 24.3 Å². The van der Waals surface area contributed by atoms with Gasteiger partial charge in [0.25, 0.3) is 5.91 Å². The number of hydrogen-bond acceptors (Lipinski definition) is 3. The van der Waals surface area contributed by atoms with Gasteiger partial charge >= 0.3 is 0 Å². The Bertz CT molecular complexity index is 1120. The van der Waals surface area contributed by atoms with Crippen LogP contribution in [-0.2, 0) is 13.1 Å². The second-order valence-electron chi connectivity index (χ2n) is 6.74. The van der Waals surface area contributed by atoms with E-state index in [4.69, 9.17) is 11.6 Å². The third-order valence-electron chi connectivity index (χ3n) is 4.79. The van der Waals surface area contributed by atoms with E-state index in [1.807, 2.05) is 59.2 Å². The molecule has 2 N–H and O–H groups in total. The lowest BCUT2D eigenvalue weighted by Gasteiger charge is -2.15. The number of para-hydroxylation sites is 2. The summed E-state index contributed by atoms with van der Waals surface area (Å²) in [6.45, 7) is 0.578. The first-order valence-corrected chi connectivity index (χ1v) is 9.70. The van der Waals surface area contributed by atoms with Crippen molar-refractivity contribution in [3.63, 3.8) is 0 Å². The number of fused-ring (bicyclic) bond motifs is 1. The molecule has 0 spiro atoms. The molecule has 0 fully saturated rings. The van der Waals surface area contributed by atoms with Crippen molar-refractivity contribution in [2.45, 2.75) is 19.2 Å². The second-order valence-corrected chi connectivity index (χ2v) is 7.18. The molecule has 0 aliphatic carbocycles. The minimum absolute atomic E-state index is 0.164. The Morgan fingerprint density at radius 1 is 1.00 bits per heavy atom. The van der Waals surface area contributed by atoms with Crippen molar-refractivity contribution in [2.75, 3.05) is 0 Å². The van der Waals surface area contributed by atoms with Gasteiger partial charge in [-0.3, -0.25) is 4.79 Å². The van der Waals surface area contributed by atoms with Crippen LogP contribution in [0.3, 0.4) is 0 Å². The summed E-state index contributed by atoms with van der Waals surface area (Å²) in [5.74, 6) is 0.519. The van der Waals surface area contributed by atoms with Crippen LogP contribution in [0, 0.1) is 0 Å². The fourth-order valence-corrected chi connectivity index (χ4v) is 3.40. The molecule has 3 aromatic carbocycles. The highest BCUT2D eigenvalue weighted by Crippen LogP contribution is 2.22. The molecule has 6 heteroatoms. The molecular formula is C23H20ClN3O2. The van der Waals surface area contributed by atoms with E-state index >= 15 is 0 Å². The molecule has 0 aliphatic rings. The summed E-state index contributed by atoms with van der Waals surface area (Å²) in [5, 5.41) is 14.3. The van der Waals surface area contributed by atoms with Crippen molar-refractivity contribution >= 4 is 28.5 Å². The molecule has 0 saturated heterocycles. The van der Waals surface area contributed by atoms with Crippen LogP contribution < -0.4 is 5.32 Å². The number of aromatic nitrogens is 2. The number of benzene rings is 3. The summed E-state index contributed by atoms with van der Waals surface area (Å²) in [6.07, 6.45) is -0.728. The van der Waals surface area contributed by atoms with Crippen molar-refractivity contribution in [3.8, 4) is 0 Å². The van der Waals surface area contributed by atoms with Gasteiger partial charge in [-0.2, -0.15) is 0 Å². The van der Waals surface area contributed by atoms with Crippen LogP contribution in [0.5, 0.6) is 0 Å². The standard InChI is InChI=1S/C23H20ClN3O2/c24-18-12-10-16(11-13-18)21(28)15-27-20-9-5-4-8-19(20)26-22(27)14-25-23(29)17-6-2-1-3-7-17/h1-13,21,28H,14-15H2,(H,25,29). The number of aliphatic hydroxyl groups excluding tert-OH is 1. The molecule has 0 saturated carbocycles. The van der Waals surface area contributed by atoms with Crippen LogP contribution in [0.2, 0.25) is 5.02 Å². The number of aliphatic hydroxyl groups is 1. The van der Waals surface area contributed by atoms with Crippen LogP contribution in [0.4, 0.5) is 0 Å².